The van der Waals surface area contributed by atoms with Gasteiger partial charge in [0.15, 0.2) is 8.32 Å². The summed E-state index contributed by atoms with van der Waals surface area (Å²) in [5.74, 6) is 0.264. The first-order chi connectivity index (χ1) is 18.4. The van der Waals surface area contributed by atoms with Crippen molar-refractivity contribution in [2.45, 2.75) is 52.4 Å². The fourth-order valence-electron chi connectivity index (χ4n) is 4.13. The lowest BCUT2D eigenvalue weighted by Gasteiger charge is -2.36. The van der Waals surface area contributed by atoms with E-state index in [1.54, 1.807) is 24.4 Å². The molecule has 1 aliphatic rings. The Morgan fingerprint density at radius 3 is 2.64 bits per heavy atom. The van der Waals surface area contributed by atoms with Gasteiger partial charge in [0, 0.05) is 31.7 Å². The molecule has 1 fully saturated rings. The van der Waals surface area contributed by atoms with Gasteiger partial charge in [-0.15, -0.1) is 0 Å². The maximum atomic E-state index is 13.9. The SMILES string of the molecule is Cc1ccc(F)cc1CNc1cc(C(=O)NCCO[Si](C)(C)C(C)(C)C)cc2ncc(N3CCOCC3)nc12. The molecule has 0 bridgehead atoms. The molecule has 2 heterocycles. The Kier molecular flexibility index (Phi) is 8.88. The highest BCUT2D eigenvalue weighted by Crippen LogP contribution is 2.36. The third-order valence-corrected chi connectivity index (χ3v) is 12.2. The van der Waals surface area contributed by atoms with Crippen LogP contribution in [0.2, 0.25) is 18.1 Å². The number of ether oxygens (including phenoxy) is 1. The lowest BCUT2D eigenvalue weighted by atomic mass is 10.1. The van der Waals surface area contributed by atoms with E-state index in [0.29, 0.717) is 55.2 Å². The third-order valence-electron chi connectivity index (χ3n) is 7.67. The predicted molar refractivity (Wildman–Crippen MR) is 157 cm³/mol. The number of anilines is 2. The molecule has 4 rings (SSSR count). The maximum absolute atomic E-state index is 13.9. The highest BCUT2D eigenvalue weighted by molar-refractivity contribution is 6.74. The first-order valence-corrected chi connectivity index (χ1v) is 16.4. The van der Waals surface area contributed by atoms with Gasteiger partial charge in [0.05, 0.1) is 37.2 Å². The molecule has 1 saturated heterocycles. The zero-order chi connectivity index (χ0) is 28.2. The molecule has 2 N–H and O–H groups in total. The van der Waals surface area contributed by atoms with Gasteiger partial charge < -0.3 is 24.7 Å². The van der Waals surface area contributed by atoms with Crippen LogP contribution < -0.4 is 15.5 Å². The Morgan fingerprint density at radius 1 is 1.18 bits per heavy atom. The summed E-state index contributed by atoms with van der Waals surface area (Å²) >= 11 is 0. The first kappa shape index (κ1) is 28.9. The molecule has 1 aromatic heterocycles. The number of aromatic nitrogens is 2. The van der Waals surface area contributed by atoms with Crippen LogP contribution in [0.3, 0.4) is 0 Å². The number of hydrogen-bond acceptors (Lipinski definition) is 7. The Morgan fingerprint density at radius 2 is 1.92 bits per heavy atom. The number of carbonyl (C=O) groups is 1. The molecule has 0 aliphatic carbocycles. The second-order valence-corrected chi connectivity index (χ2v) is 16.3. The summed E-state index contributed by atoms with van der Waals surface area (Å²) in [7, 11) is -1.89. The Balaban J connectivity index is 1.57. The summed E-state index contributed by atoms with van der Waals surface area (Å²) in [5, 5.41) is 6.47. The summed E-state index contributed by atoms with van der Waals surface area (Å²) in [6, 6.07) is 8.28. The normalized spacial score (nSPS) is 14.5. The molecule has 2 aromatic carbocycles. The minimum absolute atomic E-state index is 0.106. The largest absolute Gasteiger partial charge is 0.415 e. The topological polar surface area (TPSA) is 88.6 Å². The average Bonchev–Trinajstić information content (AvgIpc) is 2.90. The van der Waals surface area contributed by atoms with E-state index in [-0.39, 0.29) is 16.8 Å². The van der Waals surface area contributed by atoms with Gasteiger partial charge in [-0.2, -0.15) is 0 Å². The van der Waals surface area contributed by atoms with Crippen LogP contribution in [0.1, 0.15) is 42.3 Å². The third kappa shape index (κ3) is 7.12. The van der Waals surface area contributed by atoms with Crippen molar-refractivity contribution in [1.82, 2.24) is 15.3 Å². The smallest absolute Gasteiger partial charge is 0.251 e. The van der Waals surface area contributed by atoms with Crippen LogP contribution in [-0.2, 0) is 15.7 Å². The van der Waals surface area contributed by atoms with Gasteiger partial charge in [0.2, 0.25) is 0 Å². The van der Waals surface area contributed by atoms with Crippen molar-refractivity contribution in [3.63, 3.8) is 0 Å². The minimum atomic E-state index is -1.89. The van der Waals surface area contributed by atoms with Crippen molar-refractivity contribution in [1.29, 1.82) is 0 Å². The molecule has 210 valence electrons. The van der Waals surface area contributed by atoms with E-state index in [1.807, 2.05) is 6.92 Å². The zero-order valence-corrected chi connectivity index (χ0v) is 24.9. The number of benzene rings is 2. The molecule has 10 heteroatoms. The van der Waals surface area contributed by atoms with Crippen LogP contribution in [0.25, 0.3) is 11.0 Å². The van der Waals surface area contributed by atoms with Gasteiger partial charge in [-0.05, 0) is 60.4 Å². The van der Waals surface area contributed by atoms with Crippen LogP contribution in [0.15, 0.2) is 36.5 Å². The molecular formula is C29H40FN5O3Si. The van der Waals surface area contributed by atoms with Crippen molar-refractivity contribution in [3.8, 4) is 0 Å². The van der Waals surface area contributed by atoms with E-state index < -0.39 is 8.32 Å². The Labute approximate surface area is 231 Å². The summed E-state index contributed by atoms with van der Waals surface area (Å²) in [6.07, 6.45) is 1.74. The summed E-state index contributed by atoms with van der Waals surface area (Å²) < 4.78 is 25.6. The number of aryl methyl sites for hydroxylation is 1. The van der Waals surface area contributed by atoms with Gasteiger partial charge in [0.25, 0.3) is 5.91 Å². The molecule has 0 atom stereocenters. The van der Waals surface area contributed by atoms with Gasteiger partial charge >= 0.3 is 0 Å². The van der Waals surface area contributed by atoms with Crippen LogP contribution in [0, 0.1) is 12.7 Å². The highest BCUT2D eigenvalue weighted by atomic mass is 28.4. The molecule has 8 nitrogen and oxygen atoms in total. The fourth-order valence-corrected chi connectivity index (χ4v) is 5.17. The van der Waals surface area contributed by atoms with Crippen molar-refractivity contribution in [3.05, 3.63) is 59.0 Å². The molecular weight excluding hydrogens is 513 g/mol. The minimum Gasteiger partial charge on any atom is -0.415 e. The van der Waals surface area contributed by atoms with Gasteiger partial charge in [-0.3, -0.25) is 9.78 Å². The zero-order valence-electron chi connectivity index (χ0n) is 23.9. The molecule has 3 aromatic rings. The summed E-state index contributed by atoms with van der Waals surface area (Å²) in [4.78, 5) is 24.8. The lowest BCUT2D eigenvalue weighted by molar-refractivity contribution is 0.0946. The highest BCUT2D eigenvalue weighted by Gasteiger charge is 2.36. The number of nitrogens with one attached hydrogen (secondary N) is 2. The second-order valence-electron chi connectivity index (χ2n) is 11.5. The van der Waals surface area contributed by atoms with Crippen LogP contribution >= 0.6 is 0 Å². The van der Waals surface area contributed by atoms with Crippen LogP contribution in [-0.4, -0.2) is 63.6 Å². The van der Waals surface area contributed by atoms with Gasteiger partial charge in [-0.1, -0.05) is 26.8 Å². The molecule has 39 heavy (non-hydrogen) atoms. The number of carbonyl (C=O) groups excluding carboxylic acids is 1. The van der Waals surface area contributed by atoms with E-state index in [1.165, 1.54) is 12.1 Å². The Hall–Kier alpha value is -3.08. The standard InChI is InChI=1S/C29H40FN5O3Si/c1-20-7-8-23(30)15-22(20)18-32-24-16-21(28(36)31-9-12-38-39(5,6)29(2,3)4)17-25-27(24)34-26(19-33-25)35-10-13-37-14-11-35/h7-8,15-17,19,32H,9-14,18H2,1-6H3,(H,31,36). The quantitative estimate of drug-likeness (QED) is 0.275. The molecule has 0 radical (unpaired) electrons. The monoisotopic (exact) mass is 553 g/mol. The number of nitrogens with zero attached hydrogens (tertiary/aromatic N) is 3. The lowest BCUT2D eigenvalue weighted by Crippen LogP contribution is -2.42. The molecule has 0 saturated carbocycles. The first-order valence-electron chi connectivity index (χ1n) is 13.5. The van der Waals surface area contributed by atoms with Gasteiger partial charge in [0.1, 0.15) is 17.2 Å². The molecule has 0 unspecified atom stereocenters. The fraction of sp³-hybridized carbons (Fsp3) is 0.483. The number of morpholine rings is 1. The molecule has 0 spiro atoms. The van der Waals surface area contributed by atoms with Gasteiger partial charge in [-0.25, -0.2) is 9.37 Å². The van der Waals surface area contributed by atoms with Crippen molar-refractivity contribution in [2.75, 3.05) is 49.7 Å². The summed E-state index contributed by atoms with van der Waals surface area (Å²) in [6.45, 7) is 16.9. The molecule has 1 aliphatic heterocycles. The van der Waals surface area contributed by atoms with Crippen LogP contribution in [0.5, 0.6) is 0 Å². The van der Waals surface area contributed by atoms with Crippen molar-refractivity contribution >= 4 is 36.8 Å². The second kappa shape index (κ2) is 12.0. The number of halogens is 1. The average molecular weight is 554 g/mol. The number of fused-ring (bicyclic) bond motifs is 1. The Bertz CT molecular complexity index is 1320. The van der Waals surface area contributed by atoms with E-state index in [0.717, 1.165) is 30.0 Å². The predicted octanol–water partition coefficient (Wildman–Crippen LogP) is 5.28. The van der Waals surface area contributed by atoms with E-state index >= 15 is 0 Å². The number of hydrogen-bond donors (Lipinski definition) is 2. The van der Waals surface area contributed by atoms with Crippen LogP contribution in [0.4, 0.5) is 15.9 Å². The summed E-state index contributed by atoms with van der Waals surface area (Å²) in [5.41, 5.74) is 4.21. The van der Waals surface area contributed by atoms with E-state index in [9.17, 15) is 9.18 Å². The number of rotatable bonds is 9. The molecule has 1 amide bonds. The van der Waals surface area contributed by atoms with E-state index in [4.69, 9.17) is 14.1 Å². The van der Waals surface area contributed by atoms with Crippen molar-refractivity contribution in [2.24, 2.45) is 0 Å². The maximum Gasteiger partial charge on any atom is 0.251 e. The van der Waals surface area contributed by atoms with E-state index in [2.05, 4.69) is 54.4 Å². The number of amides is 1. The van der Waals surface area contributed by atoms with Crippen molar-refractivity contribution < 1.29 is 18.3 Å².